The van der Waals surface area contributed by atoms with Crippen LogP contribution in [-0.4, -0.2) is 63.6 Å². The molecule has 250 valence electrons. The lowest BCUT2D eigenvalue weighted by molar-refractivity contribution is -0.130. The first-order valence-corrected chi connectivity index (χ1v) is 16.1. The molecule has 0 radical (unpaired) electrons. The quantitative estimate of drug-likeness (QED) is 0.243. The number of hydrogen-bond donors (Lipinski definition) is 1. The zero-order valence-corrected chi connectivity index (χ0v) is 28.3. The second-order valence-electron chi connectivity index (χ2n) is 13.0. The van der Waals surface area contributed by atoms with Crippen molar-refractivity contribution >= 4 is 45.7 Å². The number of piperazine rings is 1. The van der Waals surface area contributed by atoms with Crippen LogP contribution in [0.25, 0.3) is 27.7 Å². The lowest BCUT2D eigenvalue weighted by atomic mass is 9.93. The molecule has 2 aliphatic heterocycles. The third kappa shape index (κ3) is 4.86. The molecule has 1 N–H and O–H groups in total. The van der Waals surface area contributed by atoms with Gasteiger partial charge in [0.05, 0.1) is 39.7 Å². The zero-order valence-electron chi connectivity index (χ0n) is 27.5. The lowest BCUT2D eigenvalue weighted by Gasteiger charge is -2.50. The Hall–Kier alpha value is -4.77. The van der Waals surface area contributed by atoms with E-state index in [1.165, 1.54) is 40.8 Å². The Labute approximate surface area is 281 Å². The fourth-order valence-corrected chi connectivity index (χ4v) is 7.34. The van der Waals surface area contributed by atoms with Crippen LogP contribution in [-0.2, 0) is 9.59 Å². The number of carbonyl (C=O) groups excluding carboxylic acids is 2. The Morgan fingerprint density at radius 1 is 1.06 bits per heavy atom. The average Bonchev–Trinajstić information content (AvgIpc) is 3.03. The smallest absolute Gasteiger partial charge is 0.281 e. The number of amides is 2. The number of aromatic hydroxyl groups is 1. The van der Waals surface area contributed by atoms with Crippen LogP contribution in [0.2, 0.25) is 5.02 Å². The summed E-state index contributed by atoms with van der Waals surface area (Å²) in [7, 11) is 1.48. The maximum atomic E-state index is 17.5. The highest BCUT2D eigenvalue weighted by molar-refractivity contribution is 6.35. The van der Waals surface area contributed by atoms with Gasteiger partial charge in [-0.2, -0.15) is 0 Å². The van der Waals surface area contributed by atoms with E-state index in [0.29, 0.717) is 16.9 Å². The Morgan fingerprint density at radius 2 is 1.77 bits per heavy atom. The van der Waals surface area contributed by atoms with E-state index in [2.05, 4.69) is 11.6 Å². The van der Waals surface area contributed by atoms with Gasteiger partial charge < -0.3 is 19.8 Å². The van der Waals surface area contributed by atoms with Gasteiger partial charge in [0.15, 0.2) is 5.82 Å². The number of hydrogen-bond acceptors (Lipinski definition) is 6. The summed E-state index contributed by atoms with van der Waals surface area (Å²) in [6, 6.07) is 5.52. The molecule has 0 bridgehead atoms. The summed E-state index contributed by atoms with van der Waals surface area (Å²) in [6.45, 7) is 13.3. The van der Waals surface area contributed by atoms with Crippen LogP contribution in [0, 0.1) is 11.6 Å². The second-order valence-corrected chi connectivity index (χ2v) is 13.4. The summed E-state index contributed by atoms with van der Waals surface area (Å²) in [4.78, 5) is 50.9. The number of fused-ring (bicyclic) bond motifs is 5. The molecule has 0 aliphatic carbocycles. The van der Waals surface area contributed by atoms with Crippen molar-refractivity contribution in [2.24, 2.45) is 0 Å². The number of likely N-dealkylation sites (N-methyl/N-ethyl adjacent to an activating group) is 1. The fraction of sp³-hybridized carbons (Fsp3) is 0.333. The molecular formula is C36H36ClF2N5O4. The molecule has 1 fully saturated rings. The first-order valence-electron chi connectivity index (χ1n) is 15.8. The van der Waals surface area contributed by atoms with Crippen LogP contribution in [0.5, 0.6) is 5.75 Å². The van der Waals surface area contributed by atoms with E-state index in [9.17, 15) is 14.7 Å². The first-order chi connectivity index (χ1) is 22.7. The minimum Gasteiger partial charge on any atom is -0.507 e. The Balaban J connectivity index is 1.82. The normalized spacial score (nSPS) is 17.7. The maximum Gasteiger partial charge on any atom is 0.281 e. The largest absolute Gasteiger partial charge is 0.507 e. The molecular weight excluding hydrogens is 640 g/mol. The van der Waals surface area contributed by atoms with Gasteiger partial charge in [0.25, 0.3) is 11.5 Å². The van der Waals surface area contributed by atoms with E-state index in [4.69, 9.17) is 11.6 Å². The number of pyridine rings is 2. The number of phenolic OH excluding ortho intramolecular Hbond substituents is 1. The summed E-state index contributed by atoms with van der Waals surface area (Å²) in [5, 5.41) is 10.7. The van der Waals surface area contributed by atoms with Gasteiger partial charge in [-0.25, -0.2) is 8.78 Å². The Kier molecular flexibility index (Phi) is 8.31. The molecule has 2 aliphatic rings. The van der Waals surface area contributed by atoms with E-state index in [0.717, 1.165) is 6.07 Å². The molecule has 2 amide bonds. The number of halogens is 3. The van der Waals surface area contributed by atoms with Crippen molar-refractivity contribution in [3.63, 3.8) is 0 Å². The van der Waals surface area contributed by atoms with Crippen molar-refractivity contribution in [2.45, 2.75) is 58.5 Å². The maximum absolute atomic E-state index is 17.5. The summed E-state index contributed by atoms with van der Waals surface area (Å²) in [5.74, 6) is -3.57. The van der Waals surface area contributed by atoms with Crippen LogP contribution < -0.4 is 15.4 Å². The number of nitrogens with zero attached hydrogens (tertiary/aromatic N) is 5. The highest BCUT2D eigenvalue weighted by Gasteiger charge is 2.46. The van der Waals surface area contributed by atoms with E-state index < -0.39 is 52.1 Å². The molecule has 2 atom stereocenters. The van der Waals surface area contributed by atoms with E-state index in [1.807, 2.05) is 34.6 Å². The summed E-state index contributed by atoms with van der Waals surface area (Å²) in [6.07, 6.45) is 2.83. The third-order valence-corrected chi connectivity index (χ3v) is 9.65. The molecule has 2 aromatic heterocycles. The van der Waals surface area contributed by atoms with Crippen LogP contribution >= 0.6 is 11.6 Å². The second kappa shape index (κ2) is 12.0. The van der Waals surface area contributed by atoms with Crippen molar-refractivity contribution < 1.29 is 23.5 Å². The number of carbonyl (C=O) groups is 2. The van der Waals surface area contributed by atoms with Gasteiger partial charge in [-0.15, -0.1) is 0 Å². The summed E-state index contributed by atoms with van der Waals surface area (Å²) >= 11 is 6.80. The van der Waals surface area contributed by atoms with Crippen molar-refractivity contribution in [3.8, 4) is 22.6 Å². The molecule has 0 saturated carbocycles. The number of rotatable bonds is 5. The standard InChI is InChI=1S/C36H36ClF2N5O4/c1-8-26(46)42-16-24-35(47)41(7)34-33(43(24)15-19(42)6)21-14-22(37)27(28-23(38)10-9-11-25(28)45)29(39)31(21)44(36(34)48)32-20(17(2)3)12-13-40-30(32)18(4)5/h8-14,17-19,24,45H,1,15-16H2,2-7H3/t19-,24-/m1/s1. The van der Waals surface area contributed by atoms with E-state index in [-0.39, 0.29) is 58.1 Å². The summed E-state index contributed by atoms with van der Waals surface area (Å²) in [5.41, 5.74) is 0.0715. The molecule has 0 unspecified atom stereocenters. The molecule has 9 nitrogen and oxygen atoms in total. The minimum absolute atomic E-state index is 0.00432. The van der Waals surface area contributed by atoms with Gasteiger partial charge in [0.2, 0.25) is 5.91 Å². The molecule has 6 rings (SSSR count). The topological polar surface area (TPSA) is 99.0 Å². The molecule has 4 aromatic rings. The predicted octanol–water partition coefficient (Wildman–Crippen LogP) is 6.50. The van der Waals surface area contributed by atoms with Crippen molar-refractivity contribution in [2.75, 3.05) is 29.9 Å². The SMILES string of the molecule is C=CC(=O)N1C[C@@H]2C(=O)N(C)c3c(c4cc(Cl)c(-c5c(O)cccc5F)c(F)c4n(-c4c(C(C)C)ccnc4C(C)C)c3=O)N2C[C@H]1C. The molecule has 4 heterocycles. The van der Waals surface area contributed by atoms with Gasteiger partial charge in [-0.3, -0.25) is 23.9 Å². The van der Waals surface area contributed by atoms with E-state index >= 15 is 13.6 Å². The number of benzene rings is 2. The molecule has 12 heteroatoms. The van der Waals surface area contributed by atoms with Crippen molar-refractivity contribution in [1.82, 2.24) is 14.5 Å². The minimum atomic E-state index is -1.03. The van der Waals surface area contributed by atoms with Gasteiger partial charge in [0, 0.05) is 36.8 Å². The highest BCUT2D eigenvalue weighted by atomic mass is 35.5. The summed E-state index contributed by atoms with van der Waals surface area (Å²) < 4.78 is 34.1. The molecule has 2 aromatic carbocycles. The first kappa shape index (κ1) is 33.1. The lowest BCUT2D eigenvalue weighted by Crippen LogP contribution is -2.66. The van der Waals surface area contributed by atoms with E-state index in [1.54, 1.807) is 22.1 Å². The number of phenols is 1. The highest BCUT2D eigenvalue weighted by Crippen LogP contribution is 2.48. The van der Waals surface area contributed by atoms with Crippen LogP contribution in [0.15, 0.2) is 54.0 Å². The molecule has 48 heavy (non-hydrogen) atoms. The fourth-order valence-electron chi connectivity index (χ4n) is 7.05. The van der Waals surface area contributed by atoms with Crippen LogP contribution in [0.1, 0.15) is 57.7 Å². The number of anilines is 2. The van der Waals surface area contributed by atoms with Gasteiger partial charge in [-0.1, -0.05) is 51.9 Å². The monoisotopic (exact) mass is 675 g/mol. The Bertz CT molecular complexity index is 2050. The van der Waals surface area contributed by atoms with Gasteiger partial charge >= 0.3 is 0 Å². The third-order valence-electron chi connectivity index (χ3n) is 9.35. The molecule has 0 spiro atoms. The van der Waals surface area contributed by atoms with Crippen LogP contribution in [0.4, 0.5) is 20.2 Å². The van der Waals surface area contributed by atoms with Crippen molar-refractivity contribution in [1.29, 1.82) is 0 Å². The Morgan fingerprint density at radius 3 is 2.40 bits per heavy atom. The van der Waals surface area contributed by atoms with Crippen molar-refractivity contribution in [3.05, 3.63) is 87.5 Å². The van der Waals surface area contributed by atoms with Gasteiger partial charge in [-0.05, 0) is 54.7 Å². The zero-order chi connectivity index (χ0) is 34.9. The van der Waals surface area contributed by atoms with Gasteiger partial charge in [0.1, 0.15) is 23.3 Å². The predicted molar refractivity (Wildman–Crippen MR) is 183 cm³/mol. The molecule has 1 saturated heterocycles. The number of aromatic nitrogens is 2. The average molecular weight is 676 g/mol. The van der Waals surface area contributed by atoms with Crippen LogP contribution in [0.3, 0.4) is 0 Å².